The molecule has 0 spiro atoms. The number of fused-ring (bicyclic) bond motifs is 1. The first-order valence-electron chi connectivity index (χ1n) is 8.02. The van der Waals surface area contributed by atoms with Gasteiger partial charge < -0.3 is 10.2 Å². The smallest absolute Gasteiger partial charge is 0.272 e. The van der Waals surface area contributed by atoms with E-state index < -0.39 is 0 Å². The fraction of sp³-hybridized carbons (Fsp3) is 0.353. The van der Waals surface area contributed by atoms with Gasteiger partial charge in [-0.1, -0.05) is 23.7 Å². The number of halogens is 1. The predicted octanol–water partition coefficient (Wildman–Crippen LogP) is 1.94. The fourth-order valence-corrected chi connectivity index (χ4v) is 2.95. The molecule has 0 saturated heterocycles. The molecule has 1 aliphatic carbocycles. The minimum atomic E-state index is -0.153. The highest BCUT2D eigenvalue weighted by Crippen LogP contribution is 2.24. The first-order chi connectivity index (χ1) is 11.6. The Hall–Kier alpha value is -2.34. The summed E-state index contributed by atoms with van der Waals surface area (Å²) < 4.78 is 1.71. The third kappa shape index (κ3) is 3.01. The van der Waals surface area contributed by atoms with Gasteiger partial charge in [-0.05, 0) is 31.0 Å². The maximum absolute atomic E-state index is 12.6. The Bertz CT molecular complexity index is 795. The van der Waals surface area contributed by atoms with Crippen LogP contribution >= 0.6 is 11.6 Å². The first-order valence-corrected chi connectivity index (χ1v) is 8.40. The molecule has 0 bridgehead atoms. The maximum atomic E-state index is 12.6. The van der Waals surface area contributed by atoms with Crippen LogP contribution < -0.4 is 5.32 Å². The van der Waals surface area contributed by atoms with Crippen LogP contribution in [0.5, 0.6) is 0 Å². The minimum absolute atomic E-state index is 0.0864. The summed E-state index contributed by atoms with van der Waals surface area (Å²) in [6, 6.07) is 9.43. The molecule has 0 atom stereocenters. The Morgan fingerprint density at radius 3 is 2.71 bits per heavy atom. The van der Waals surface area contributed by atoms with Gasteiger partial charge in [-0.15, -0.1) is 0 Å². The van der Waals surface area contributed by atoms with Crippen molar-refractivity contribution in [3.8, 4) is 11.3 Å². The summed E-state index contributed by atoms with van der Waals surface area (Å²) in [6.07, 6.45) is 2.08. The number of amides is 2. The summed E-state index contributed by atoms with van der Waals surface area (Å²) >= 11 is 5.91. The summed E-state index contributed by atoms with van der Waals surface area (Å²) in [5.41, 5.74) is 2.16. The normalized spacial score (nSPS) is 16.9. The van der Waals surface area contributed by atoms with Gasteiger partial charge in [-0.25, -0.2) is 0 Å². The molecule has 4 rings (SSSR count). The van der Waals surface area contributed by atoms with E-state index in [1.54, 1.807) is 27.8 Å². The van der Waals surface area contributed by atoms with Crippen molar-refractivity contribution in [3.05, 3.63) is 41.0 Å². The Morgan fingerprint density at radius 2 is 2.00 bits per heavy atom. The third-order valence-corrected chi connectivity index (χ3v) is 4.54. The van der Waals surface area contributed by atoms with Gasteiger partial charge in [0, 0.05) is 23.2 Å². The summed E-state index contributed by atoms with van der Waals surface area (Å²) in [5, 5.41) is 8.07. The average molecular weight is 345 g/mol. The van der Waals surface area contributed by atoms with Crippen molar-refractivity contribution in [1.29, 1.82) is 0 Å². The highest BCUT2D eigenvalue weighted by atomic mass is 35.5. The van der Waals surface area contributed by atoms with Gasteiger partial charge >= 0.3 is 0 Å². The molecule has 0 unspecified atom stereocenters. The standard InChI is InChI=1S/C17H17ClN4O2/c18-12-3-1-11(2-4-12)14-9-15-17(24)21(7-8-22(15)20-14)10-16(23)19-13-5-6-13/h1-4,9,13H,5-8,10H2,(H,19,23). The molecule has 7 heteroatoms. The molecule has 2 amide bonds. The minimum Gasteiger partial charge on any atom is -0.352 e. The van der Waals surface area contributed by atoms with E-state index >= 15 is 0 Å². The van der Waals surface area contributed by atoms with Gasteiger partial charge in [0.15, 0.2) is 0 Å². The highest BCUT2D eigenvalue weighted by molar-refractivity contribution is 6.30. The van der Waals surface area contributed by atoms with Gasteiger partial charge in [0.2, 0.25) is 5.91 Å². The van der Waals surface area contributed by atoms with Gasteiger partial charge in [-0.3, -0.25) is 14.3 Å². The summed E-state index contributed by atoms with van der Waals surface area (Å²) in [4.78, 5) is 26.1. The van der Waals surface area contributed by atoms with E-state index in [4.69, 9.17) is 11.6 Å². The van der Waals surface area contributed by atoms with Gasteiger partial charge in [-0.2, -0.15) is 5.10 Å². The number of hydrogen-bond acceptors (Lipinski definition) is 3. The molecule has 1 aromatic carbocycles. The Kier molecular flexibility index (Phi) is 3.76. The maximum Gasteiger partial charge on any atom is 0.272 e. The zero-order valence-electron chi connectivity index (χ0n) is 13.0. The number of nitrogens with one attached hydrogen (secondary N) is 1. The number of rotatable bonds is 4. The second kappa shape index (κ2) is 5.94. The molecule has 1 fully saturated rings. The van der Waals surface area contributed by atoms with Crippen LogP contribution in [0.2, 0.25) is 5.02 Å². The summed E-state index contributed by atoms with van der Waals surface area (Å²) in [5.74, 6) is -0.239. The van der Waals surface area contributed by atoms with E-state index in [2.05, 4.69) is 10.4 Å². The number of aromatic nitrogens is 2. The molecule has 6 nitrogen and oxygen atoms in total. The summed E-state index contributed by atoms with van der Waals surface area (Å²) in [7, 11) is 0. The molecule has 124 valence electrons. The van der Waals surface area contributed by atoms with E-state index in [-0.39, 0.29) is 18.4 Å². The van der Waals surface area contributed by atoms with Gasteiger partial charge in [0.25, 0.3) is 5.91 Å². The van der Waals surface area contributed by atoms with Gasteiger partial charge in [0.1, 0.15) is 5.69 Å². The highest BCUT2D eigenvalue weighted by Gasteiger charge is 2.30. The van der Waals surface area contributed by atoms with Crippen LogP contribution in [0.4, 0.5) is 0 Å². The quantitative estimate of drug-likeness (QED) is 0.921. The largest absolute Gasteiger partial charge is 0.352 e. The van der Waals surface area contributed by atoms with E-state index in [1.165, 1.54) is 0 Å². The molecule has 2 aliphatic rings. The number of carbonyl (C=O) groups excluding carboxylic acids is 2. The Labute approximate surface area is 144 Å². The van der Waals surface area contributed by atoms with Crippen LogP contribution in [0.1, 0.15) is 23.3 Å². The van der Waals surface area contributed by atoms with E-state index in [1.807, 2.05) is 12.1 Å². The van der Waals surface area contributed by atoms with Crippen LogP contribution in [0.25, 0.3) is 11.3 Å². The molecule has 24 heavy (non-hydrogen) atoms. The number of hydrogen-bond donors (Lipinski definition) is 1. The van der Waals surface area contributed by atoms with Crippen molar-refractivity contribution in [2.24, 2.45) is 0 Å². The second-order valence-electron chi connectivity index (χ2n) is 6.21. The van der Waals surface area contributed by atoms with E-state index in [0.717, 1.165) is 24.1 Å². The molecule has 2 aromatic rings. The van der Waals surface area contributed by atoms with Crippen LogP contribution in [0.15, 0.2) is 30.3 Å². The van der Waals surface area contributed by atoms with Crippen LogP contribution in [-0.2, 0) is 11.3 Å². The molecular formula is C17H17ClN4O2. The summed E-state index contributed by atoms with van der Waals surface area (Å²) in [6.45, 7) is 1.19. The molecule has 1 aromatic heterocycles. The molecule has 0 radical (unpaired) electrons. The molecular weight excluding hydrogens is 328 g/mol. The molecule has 2 heterocycles. The number of benzene rings is 1. The Balaban J connectivity index is 1.51. The van der Waals surface area contributed by atoms with Crippen LogP contribution in [-0.4, -0.2) is 45.6 Å². The van der Waals surface area contributed by atoms with E-state index in [9.17, 15) is 9.59 Å². The van der Waals surface area contributed by atoms with Crippen molar-refractivity contribution in [3.63, 3.8) is 0 Å². The van der Waals surface area contributed by atoms with Gasteiger partial charge in [0.05, 0.1) is 18.8 Å². The van der Waals surface area contributed by atoms with Crippen molar-refractivity contribution in [2.45, 2.75) is 25.4 Å². The number of carbonyl (C=O) groups is 2. The Morgan fingerprint density at radius 1 is 1.25 bits per heavy atom. The third-order valence-electron chi connectivity index (χ3n) is 4.28. The van der Waals surface area contributed by atoms with Crippen LogP contribution in [0, 0.1) is 0 Å². The zero-order valence-corrected chi connectivity index (χ0v) is 13.8. The first kappa shape index (κ1) is 15.2. The molecule has 1 saturated carbocycles. The zero-order chi connectivity index (χ0) is 16.7. The van der Waals surface area contributed by atoms with Crippen molar-refractivity contribution in [1.82, 2.24) is 20.0 Å². The lowest BCUT2D eigenvalue weighted by Gasteiger charge is -2.26. The van der Waals surface area contributed by atoms with Crippen molar-refractivity contribution < 1.29 is 9.59 Å². The van der Waals surface area contributed by atoms with Crippen LogP contribution in [0.3, 0.4) is 0 Å². The monoisotopic (exact) mass is 344 g/mol. The topological polar surface area (TPSA) is 67.2 Å². The lowest BCUT2D eigenvalue weighted by atomic mass is 10.1. The predicted molar refractivity (Wildman–Crippen MR) is 89.7 cm³/mol. The molecule has 1 N–H and O–H groups in total. The number of nitrogens with zero attached hydrogens (tertiary/aromatic N) is 3. The second-order valence-corrected chi connectivity index (χ2v) is 6.65. The fourth-order valence-electron chi connectivity index (χ4n) is 2.83. The average Bonchev–Trinajstić information content (AvgIpc) is 3.26. The molecule has 1 aliphatic heterocycles. The van der Waals surface area contributed by atoms with E-state index in [0.29, 0.717) is 29.8 Å². The lowest BCUT2D eigenvalue weighted by molar-refractivity contribution is -0.122. The van der Waals surface area contributed by atoms with Crippen molar-refractivity contribution in [2.75, 3.05) is 13.1 Å². The lowest BCUT2D eigenvalue weighted by Crippen LogP contribution is -2.46. The SMILES string of the molecule is O=C(CN1CCn2nc(-c3ccc(Cl)cc3)cc2C1=O)NC1CC1. The van der Waals surface area contributed by atoms with Crippen molar-refractivity contribution >= 4 is 23.4 Å².